The van der Waals surface area contributed by atoms with E-state index in [-0.39, 0.29) is 11.9 Å². The lowest BCUT2D eigenvalue weighted by Crippen LogP contribution is -2.50. The van der Waals surface area contributed by atoms with Crippen LogP contribution in [0.5, 0.6) is 0 Å². The minimum absolute atomic E-state index is 0.00444. The second kappa shape index (κ2) is 7.31. The third kappa shape index (κ3) is 3.20. The molecular weight excluding hydrogens is 419 g/mol. The average molecular weight is 447 g/mol. The number of aliphatic hydroxyl groups excluding tert-OH is 1. The Morgan fingerprint density at radius 1 is 1.12 bits per heavy atom. The number of hydrogen-bond donors (Lipinski definition) is 1. The van der Waals surface area contributed by atoms with Gasteiger partial charge in [-0.1, -0.05) is 12.1 Å². The summed E-state index contributed by atoms with van der Waals surface area (Å²) in [5, 5.41) is 20.3. The molecule has 8 heteroatoms. The van der Waals surface area contributed by atoms with Crippen molar-refractivity contribution in [3.8, 4) is 11.1 Å². The van der Waals surface area contributed by atoms with Crippen molar-refractivity contribution in [1.29, 1.82) is 0 Å². The minimum Gasteiger partial charge on any atom is -0.374 e. The molecule has 1 unspecified atom stereocenters. The molecule has 7 nitrogen and oxygen atoms in total. The fraction of sp³-hybridized carbons (Fsp3) is 0.360. The van der Waals surface area contributed by atoms with Crippen molar-refractivity contribution in [3.63, 3.8) is 0 Å². The van der Waals surface area contributed by atoms with E-state index in [1.54, 1.807) is 17.7 Å². The summed E-state index contributed by atoms with van der Waals surface area (Å²) >= 11 is 0. The Morgan fingerprint density at radius 3 is 2.70 bits per heavy atom. The third-order valence-electron chi connectivity index (χ3n) is 6.79. The highest BCUT2D eigenvalue weighted by Crippen LogP contribution is 2.44. The monoisotopic (exact) mass is 446 g/mol. The number of hydrogen-bond acceptors (Lipinski definition) is 5. The lowest BCUT2D eigenvalue weighted by atomic mass is 10.0. The van der Waals surface area contributed by atoms with Gasteiger partial charge in [0.15, 0.2) is 5.82 Å². The maximum Gasteiger partial charge on any atom is 0.166 e. The quantitative estimate of drug-likeness (QED) is 0.497. The van der Waals surface area contributed by atoms with Crippen molar-refractivity contribution in [1.82, 2.24) is 19.6 Å². The van der Waals surface area contributed by atoms with E-state index >= 15 is 0 Å². The number of aryl methyl sites for hydroxylation is 1. The van der Waals surface area contributed by atoms with E-state index < -0.39 is 6.23 Å². The smallest absolute Gasteiger partial charge is 0.166 e. The predicted octanol–water partition coefficient (Wildman–Crippen LogP) is 4.60. The Labute approximate surface area is 191 Å². The molecule has 33 heavy (non-hydrogen) atoms. The normalized spacial score (nSPS) is 19.2. The summed E-state index contributed by atoms with van der Waals surface area (Å²) in [6.45, 7) is 4.42. The molecule has 1 saturated carbocycles. The van der Waals surface area contributed by atoms with E-state index in [1.165, 1.54) is 18.9 Å². The SMILES string of the molecule is CC(O)N1c2ccc(-c3cnn(C4CC4)c3)cc2N(c2nn(C)c3cccc(F)c23)C[C@@H]1C. The number of aliphatic hydroxyl groups is 1. The van der Waals surface area contributed by atoms with Gasteiger partial charge in [-0.15, -0.1) is 0 Å². The zero-order chi connectivity index (χ0) is 22.9. The maximum atomic E-state index is 15.0. The van der Waals surface area contributed by atoms with Crippen molar-refractivity contribution in [2.75, 3.05) is 16.3 Å². The number of rotatable bonds is 4. The first kappa shape index (κ1) is 20.2. The molecule has 4 aromatic rings. The average Bonchev–Trinajstić information content (AvgIpc) is 3.42. The number of nitrogens with zero attached hydrogens (tertiary/aromatic N) is 6. The van der Waals surface area contributed by atoms with Gasteiger partial charge in [0.05, 0.1) is 34.5 Å². The Morgan fingerprint density at radius 2 is 1.94 bits per heavy atom. The van der Waals surface area contributed by atoms with Gasteiger partial charge < -0.3 is 14.9 Å². The number of fused-ring (bicyclic) bond motifs is 2. The standard InChI is InChI=1S/C25H27FN6O/c1-15-13-30(25-24-20(26)5-4-6-22(24)29(3)28-25)23-11-17(7-10-21(23)32(15)16(2)33)18-12-27-31(14-18)19-8-9-19/h4-7,10-12,14-16,19,33H,8-9,13H2,1-3H3/t15-,16?/m0/s1. The van der Waals surface area contributed by atoms with E-state index in [4.69, 9.17) is 5.10 Å². The van der Waals surface area contributed by atoms with Crippen LogP contribution in [0.25, 0.3) is 22.0 Å². The zero-order valence-corrected chi connectivity index (χ0v) is 19.0. The molecule has 0 saturated heterocycles. The van der Waals surface area contributed by atoms with Crippen LogP contribution in [-0.2, 0) is 7.05 Å². The van der Waals surface area contributed by atoms with Crippen LogP contribution in [0, 0.1) is 5.82 Å². The topological polar surface area (TPSA) is 62.4 Å². The van der Waals surface area contributed by atoms with Crippen LogP contribution in [0.2, 0.25) is 0 Å². The van der Waals surface area contributed by atoms with Crippen molar-refractivity contribution in [2.24, 2.45) is 7.05 Å². The molecule has 3 heterocycles. The summed E-state index contributed by atoms with van der Waals surface area (Å²) in [6, 6.07) is 11.8. The Balaban J connectivity index is 1.53. The Bertz CT molecular complexity index is 1350. The predicted molar refractivity (Wildman–Crippen MR) is 127 cm³/mol. The van der Waals surface area contributed by atoms with E-state index in [0.29, 0.717) is 23.8 Å². The molecule has 0 radical (unpaired) electrons. The molecule has 2 atom stereocenters. The van der Waals surface area contributed by atoms with Gasteiger partial charge in [-0.2, -0.15) is 10.2 Å². The molecule has 170 valence electrons. The van der Waals surface area contributed by atoms with Gasteiger partial charge >= 0.3 is 0 Å². The molecule has 2 aliphatic rings. The van der Waals surface area contributed by atoms with Gasteiger partial charge in [0, 0.05) is 31.4 Å². The van der Waals surface area contributed by atoms with E-state index in [9.17, 15) is 9.50 Å². The first-order valence-corrected chi connectivity index (χ1v) is 11.5. The third-order valence-corrected chi connectivity index (χ3v) is 6.79. The van der Waals surface area contributed by atoms with Crippen LogP contribution in [0.1, 0.15) is 32.7 Å². The Kier molecular flexibility index (Phi) is 4.48. The van der Waals surface area contributed by atoms with E-state index in [2.05, 4.69) is 35.3 Å². The van der Waals surface area contributed by atoms with Gasteiger partial charge in [0.2, 0.25) is 0 Å². The molecule has 2 aromatic carbocycles. The lowest BCUT2D eigenvalue weighted by Gasteiger charge is -2.44. The fourth-order valence-electron chi connectivity index (χ4n) is 5.06. The summed E-state index contributed by atoms with van der Waals surface area (Å²) < 4.78 is 18.7. The first-order valence-electron chi connectivity index (χ1n) is 11.5. The molecule has 0 bridgehead atoms. The van der Waals surface area contributed by atoms with Gasteiger partial charge in [-0.05, 0) is 56.5 Å². The minimum atomic E-state index is -0.651. The van der Waals surface area contributed by atoms with Gasteiger partial charge in [0.1, 0.15) is 12.0 Å². The van der Waals surface area contributed by atoms with Crippen molar-refractivity contribution < 1.29 is 9.50 Å². The highest BCUT2D eigenvalue weighted by Gasteiger charge is 2.34. The number of anilines is 3. The zero-order valence-electron chi connectivity index (χ0n) is 19.0. The largest absolute Gasteiger partial charge is 0.374 e. The summed E-state index contributed by atoms with van der Waals surface area (Å²) in [5.74, 6) is 0.305. The second-order valence-electron chi connectivity index (χ2n) is 9.22. The Hall–Kier alpha value is -3.39. The van der Waals surface area contributed by atoms with Crippen molar-refractivity contribution in [2.45, 2.75) is 45.0 Å². The summed E-state index contributed by atoms with van der Waals surface area (Å²) in [6.07, 6.45) is 5.70. The van der Waals surface area contributed by atoms with E-state index in [1.807, 2.05) is 35.0 Å². The molecule has 0 spiro atoms. The molecule has 2 aromatic heterocycles. The maximum absolute atomic E-state index is 15.0. The highest BCUT2D eigenvalue weighted by molar-refractivity contribution is 5.96. The van der Waals surface area contributed by atoms with Crippen LogP contribution in [0.15, 0.2) is 48.8 Å². The van der Waals surface area contributed by atoms with Crippen LogP contribution in [-0.4, -0.2) is 43.5 Å². The van der Waals surface area contributed by atoms with Crippen LogP contribution in [0.3, 0.4) is 0 Å². The van der Waals surface area contributed by atoms with Crippen molar-refractivity contribution >= 4 is 28.1 Å². The summed E-state index contributed by atoms with van der Waals surface area (Å²) in [5.41, 5.74) is 4.63. The number of aromatic nitrogens is 4. The van der Waals surface area contributed by atoms with Crippen molar-refractivity contribution in [3.05, 3.63) is 54.6 Å². The van der Waals surface area contributed by atoms with Gasteiger partial charge in [-0.25, -0.2) is 4.39 Å². The fourth-order valence-corrected chi connectivity index (χ4v) is 5.06. The summed E-state index contributed by atoms with van der Waals surface area (Å²) in [7, 11) is 1.84. The van der Waals surface area contributed by atoms with Crippen LogP contribution in [0.4, 0.5) is 21.6 Å². The number of halogens is 1. The molecule has 6 rings (SSSR count). The molecule has 1 aliphatic heterocycles. The molecule has 1 aliphatic carbocycles. The summed E-state index contributed by atoms with van der Waals surface area (Å²) in [4.78, 5) is 4.09. The molecule has 1 N–H and O–H groups in total. The van der Waals surface area contributed by atoms with Crippen LogP contribution < -0.4 is 9.80 Å². The molecular formula is C25H27FN6O. The van der Waals surface area contributed by atoms with Crippen LogP contribution >= 0.6 is 0 Å². The molecule has 1 fully saturated rings. The second-order valence-corrected chi connectivity index (χ2v) is 9.22. The first-order chi connectivity index (χ1) is 15.9. The van der Waals surface area contributed by atoms with Gasteiger partial charge in [0.25, 0.3) is 0 Å². The van der Waals surface area contributed by atoms with E-state index in [0.717, 1.165) is 28.0 Å². The molecule has 0 amide bonds. The van der Waals surface area contributed by atoms with Gasteiger partial charge in [-0.3, -0.25) is 9.36 Å². The highest BCUT2D eigenvalue weighted by atomic mass is 19.1. The number of benzene rings is 2. The lowest BCUT2D eigenvalue weighted by molar-refractivity contribution is 0.178.